The van der Waals surface area contributed by atoms with Crippen LogP contribution in [0, 0.1) is 11.3 Å². The molecule has 0 atom stereocenters. The minimum Gasteiger partial charge on any atom is -0.478 e. The first-order chi connectivity index (χ1) is 10.2. The summed E-state index contributed by atoms with van der Waals surface area (Å²) in [6, 6.07) is 14.6. The second kappa shape index (κ2) is 7.67. The van der Waals surface area contributed by atoms with Crippen LogP contribution >= 0.6 is 27.5 Å². The van der Waals surface area contributed by atoms with Gasteiger partial charge < -0.3 is 4.74 Å². The Labute approximate surface area is 136 Å². The molecule has 0 aliphatic rings. The molecule has 0 fully saturated rings. The van der Waals surface area contributed by atoms with Crippen LogP contribution in [0.3, 0.4) is 0 Å². The van der Waals surface area contributed by atoms with Crippen molar-refractivity contribution in [3.05, 3.63) is 57.5 Å². The van der Waals surface area contributed by atoms with Crippen molar-refractivity contribution < 1.29 is 4.74 Å². The molecule has 0 unspecified atom stereocenters. The summed E-state index contributed by atoms with van der Waals surface area (Å²) >= 11 is 9.21. The Morgan fingerprint density at radius 2 is 2.05 bits per heavy atom. The zero-order valence-corrected chi connectivity index (χ0v) is 13.2. The minimum atomic E-state index is -0.00686. The molecule has 4 nitrogen and oxygen atoms in total. The van der Waals surface area contributed by atoms with Gasteiger partial charge in [-0.15, -0.1) is 0 Å². The number of nitrogens with one attached hydrogen (secondary N) is 1. The van der Waals surface area contributed by atoms with E-state index in [0.717, 1.165) is 15.7 Å². The molecular weight excluding hydrogens is 354 g/mol. The van der Waals surface area contributed by atoms with Crippen LogP contribution in [-0.2, 0) is 0 Å². The molecule has 0 bridgehead atoms. The van der Waals surface area contributed by atoms with E-state index in [4.69, 9.17) is 21.6 Å². The van der Waals surface area contributed by atoms with Gasteiger partial charge in [0.1, 0.15) is 11.8 Å². The van der Waals surface area contributed by atoms with Crippen molar-refractivity contribution in [3.63, 3.8) is 0 Å². The van der Waals surface area contributed by atoms with Crippen molar-refractivity contribution in [1.82, 2.24) is 0 Å². The van der Waals surface area contributed by atoms with Crippen LogP contribution in [0.25, 0.3) is 0 Å². The molecule has 0 saturated heterocycles. The van der Waals surface area contributed by atoms with Gasteiger partial charge in [0.25, 0.3) is 0 Å². The summed E-state index contributed by atoms with van der Waals surface area (Å²) < 4.78 is 6.24. The van der Waals surface area contributed by atoms with Gasteiger partial charge in [0, 0.05) is 15.1 Å². The highest BCUT2D eigenvalue weighted by Crippen LogP contribution is 2.22. The van der Waals surface area contributed by atoms with Crippen LogP contribution in [0.4, 0.5) is 5.69 Å². The fourth-order valence-electron chi connectivity index (χ4n) is 1.56. The SMILES string of the molecule is N#CCOc1ccc(Br)cc1/C=N\Nc1ccc(Cl)cc1. The standard InChI is InChI=1S/C15H11BrClN3O/c16-12-1-6-15(21-8-7-18)11(9-12)10-19-20-14-4-2-13(17)3-5-14/h1-6,9-10,20H,8H2/b19-10-. The van der Waals surface area contributed by atoms with E-state index in [2.05, 4.69) is 26.5 Å². The van der Waals surface area contributed by atoms with Crippen LogP contribution in [0.5, 0.6) is 5.75 Å². The van der Waals surface area contributed by atoms with Crippen molar-refractivity contribution in [2.24, 2.45) is 5.10 Å². The smallest absolute Gasteiger partial charge is 0.174 e. The van der Waals surface area contributed by atoms with Gasteiger partial charge in [-0.2, -0.15) is 10.4 Å². The molecule has 0 heterocycles. The van der Waals surface area contributed by atoms with Gasteiger partial charge in [0.15, 0.2) is 6.61 Å². The minimum absolute atomic E-state index is 0.00686. The molecule has 0 saturated carbocycles. The summed E-state index contributed by atoms with van der Waals surface area (Å²) in [6.07, 6.45) is 1.63. The summed E-state index contributed by atoms with van der Waals surface area (Å²) in [7, 11) is 0. The highest BCUT2D eigenvalue weighted by Gasteiger charge is 2.02. The lowest BCUT2D eigenvalue weighted by molar-refractivity contribution is 0.367. The molecule has 106 valence electrons. The molecule has 0 radical (unpaired) electrons. The Morgan fingerprint density at radius 1 is 1.29 bits per heavy atom. The van der Waals surface area contributed by atoms with E-state index in [9.17, 15) is 0 Å². The number of halogens is 2. The van der Waals surface area contributed by atoms with E-state index < -0.39 is 0 Å². The van der Waals surface area contributed by atoms with Crippen molar-refractivity contribution in [1.29, 1.82) is 5.26 Å². The van der Waals surface area contributed by atoms with Crippen LogP contribution in [0.15, 0.2) is 52.0 Å². The topological polar surface area (TPSA) is 57.4 Å². The molecule has 1 N–H and O–H groups in total. The molecule has 6 heteroatoms. The number of nitriles is 1. The van der Waals surface area contributed by atoms with Gasteiger partial charge in [0.2, 0.25) is 0 Å². The summed E-state index contributed by atoms with van der Waals surface area (Å²) in [6.45, 7) is -0.00686. The maximum absolute atomic E-state index is 8.58. The molecule has 0 spiro atoms. The Bertz CT molecular complexity index is 680. The second-order valence-electron chi connectivity index (χ2n) is 4.01. The Morgan fingerprint density at radius 3 is 2.76 bits per heavy atom. The number of nitrogens with zero attached hydrogens (tertiary/aromatic N) is 2. The largest absolute Gasteiger partial charge is 0.478 e. The zero-order chi connectivity index (χ0) is 15.1. The van der Waals surface area contributed by atoms with E-state index in [1.807, 2.05) is 30.3 Å². The fraction of sp³-hybridized carbons (Fsp3) is 0.0667. The molecule has 0 aliphatic heterocycles. The maximum atomic E-state index is 8.58. The summed E-state index contributed by atoms with van der Waals surface area (Å²) in [4.78, 5) is 0. The number of hydrazone groups is 1. The first kappa shape index (κ1) is 15.4. The zero-order valence-electron chi connectivity index (χ0n) is 10.9. The Hall–Kier alpha value is -2.03. The average molecular weight is 365 g/mol. The van der Waals surface area contributed by atoms with E-state index in [1.165, 1.54) is 0 Å². The number of hydrogen-bond acceptors (Lipinski definition) is 4. The van der Waals surface area contributed by atoms with Gasteiger partial charge in [0.05, 0.1) is 11.9 Å². The summed E-state index contributed by atoms with van der Waals surface area (Å²) in [5.41, 5.74) is 4.49. The third-order valence-electron chi connectivity index (χ3n) is 2.51. The molecule has 21 heavy (non-hydrogen) atoms. The lowest BCUT2D eigenvalue weighted by Crippen LogP contribution is -1.98. The van der Waals surface area contributed by atoms with Gasteiger partial charge >= 0.3 is 0 Å². The quantitative estimate of drug-likeness (QED) is 0.630. The van der Waals surface area contributed by atoms with Crippen molar-refractivity contribution >= 4 is 39.4 Å². The van der Waals surface area contributed by atoms with Crippen molar-refractivity contribution in [2.75, 3.05) is 12.0 Å². The number of hydrogen-bond donors (Lipinski definition) is 1. The molecule has 0 aromatic heterocycles. The lowest BCUT2D eigenvalue weighted by Gasteiger charge is -2.06. The number of rotatable bonds is 5. The molecular formula is C15H11BrClN3O. The first-order valence-corrected chi connectivity index (χ1v) is 7.20. The molecule has 0 amide bonds. The summed E-state index contributed by atoms with van der Waals surface area (Å²) in [5, 5.41) is 13.4. The van der Waals surface area contributed by atoms with Crippen molar-refractivity contribution in [3.8, 4) is 11.8 Å². The van der Waals surface area contributed by atoms with Crippen LogP contribution < -0.4 is 10.2 Å². The fourth-order valence-corrected chi connectivity index (χ4v) is 2.07. The highest BCUT2D eigenvalue weighted by molar-refractivity contribution is 9.10. The van der Waals surface area contributed by atoms with Crippen LogP contribution in [-0.4, -0.2) is 12.8 Å². The Balaban J connectivity index is 2.10. The van der Waals surface area contributed by atoms with Gasteiger partial charge in [-0.1, -0.05) is 27.5 Å². The van der Waals surface area contributed by atoms with E-state index in [1.54, 1.807) is 24.4 Å². The van der Waals surface area contributed by atoms with Gasteiger partial charge in [-0.05, 0) is 42.5 Å². The van der Waals surface area contributed by atoms with Gasteiger partial charge in [-0.3, -0.25) is 5.43 Å². The number of benzene rings is 2. The average Bonchev–Trinajstić information content (AvgIpc) is 2.48. The third kappa shape index (κ3) is 4.78. The molecule has 2 aromatic rings. The monoisotopic (exact) mass is 363 g/mol. The maximum Gasteiger partial charge on any atom is 0.174 e. The predicted octanol–water partition coefficient (Wildman–Crippen LogP) is 4.45. The molecule has 2 rings (SSSR count). The third-order valence-corrected chi connectivity index (χ3v) is 3.25. The number of anilines is 1. The molecule has 2 aromatic carbocycles. The second-order valence-corrected chi connectivity index (χ2v) is 5.36. The summed E-state index contributed by atoms with van der Waals surface area (Å²) in [5.74, 6) is 0.599. The van der Waals surface area contributed by atoms with Crippen LogP contribution in [0.1, 0.15) is 5.56 Å². The number of ether oxygens (including phenoxy) is 1. The first-order valence-electron chi connectivity index (χ1n) is 6.03. The van der Waals surface area contributed by atoms with Crippen molar-refractivity contribution in [2.45, 2.75) is 0 Å². The normalized spacial score (nSPS) is 10.3. The Kier molecular flexibility index (Phi) is 5.61. The van der Waals surface area contributed by atoms with E-state index in [0.29, 0.717) is 10.8 Å². The van der Waals surface area contributed by atoms with E-state index in [-0.39, 0.29) is 6.61 Å². The lowest BCUT2D eigenvalue weighted by atomic mass is 10.2. The molecule has 0 aliphatic carbocycles. The van der Waals surface area contributed by atoms with Gasteiger partial charge in [-0.25, -0.2) is 0 Å². The van der Waals surface area contributed by atoms with E-state index >= 15 is 0 Å². The van der Waals surface area contributed by atoms with Crippen LogP contribution in [0.2, 0.25) is 5.02 Å². The highest BCUT2D eigenvalue weighted by atomic mass is 79.9. The predicted molar refractivity (Wildman–Crippen MR) is 87.9 cm³/mol.